The van der Waals surface area contributed by atoms with E-state index in [1.807, 2.05) is 12.1 Å². The van der Waals surface area contributed by atoms with E-state index >= 15 is 4.39 Å². The number of likely N-dealkylation sites (tertiary alicyclic amines) is 1. The zero-order valence-corrected chi connectivity index (χ0v) is 21.4. The molecule has 2 fully saturated rings. The first kappa shape index (κ1) is 25.5. The highest BCUT2D eigenvalue weighted by Crippen LogP contribution is 2.44. The van der Waals surface area contributed by atoms with Gasteiger partial charge in [0.2, 0.25) is 5.91 Å². The minimum Gasteiger partial charge on any atom is -0.325 e. The molecule has 184 valence electrons. The second-order valence-electron chi connectivity index (χ2n) is 9.82. The van der Waals surface area contributed by atoms with Crippen LogP contribution in [0.25, 0.3) is 0 Å². The molecule has 2 unspecified atom stereocenters. The van der Waals surface area contributed by atoms with Crippen molar-refractivity contribution in [2.45, 2.75) is 95.2 Å². The van der Waals surface area contributed by atoms with E-state index in [1.165, 1.54) is 25.7 Å². The highest BCUT2D eigenvalue weighted by molar-refractivity contribution is 6.31. The summed E-state index contributed by atoms with van der Waals surface area (Å²) in [6.45, 7) is 2.20. The number of anilines is 1. The van der Waals surface area contributed by atoms with Crippen molar-refractivity contribution in [3.05, 3.63) is 63.9 Å². The van der Waals surface area contributed by atoms with Crippen molar-refractivity contribution in [2.24, 2.45) is 0 Å². The van der Waals surface area contributed by atoms with Crippen molar-refractivity contribution < 1.29 is 9.18 Å². The topological polar surface area (TPSA) is 32.3 Å². The van der Waals surface area contributed by atoms with Gasteiger partial charge in [-0.25, -0.2) is 4.39 Å². The molecule has 6 heteroatoms. The first-order chi connectivity index (χ1) is 16.5. The Morgan fingerprint density at radius 3 is 2.53 bits per heavy atom. The van der Waals surface area contributed by atoms with Crippen LogP contribution in [0, 0.1) is 5.82 Å². The molecule has 1 saturated heterocycles. The van der Waals surface area contributed by atoms with E-state index in [9.17, 15) is 4.79 Å². The molecule has 3 nitrogen and oxygen atoms in total. The van der Waals surface area contributed by atoms with Crippen molar-refractivity contribution in [1.82, 2.24) is 4.90 Å². The van der Waals surface area contributed by atoms with Crippen LogP contribution < -0.4 is 5.32 Å². The highest BCUT2D eigenvalue weighted by atomic mass is 35.5. The summed E-state index contributed by atoms with van der Waals surface area (Å²) in [5, 5.41) is 3.79. The van der Waals surface area contributed by atoms with Crippen LogP contribution >= 0.6 is 23.2 Å². The fourth-order valence-corrected chi connectivity index (χ4v) is 6.34. The van der Waals surface area contributed by atoms with E-state index in [2.05, 4.69) is 17.1 Å². The largest absolute Gasteiger partial charge is 0.325 e. The van der Waals surface area contributed by atoms with Crippen LogP contribution in [-0.4, -0.2) is 28.9 Å². The van der Waals surface area contributed by atoms with Crippen molar-refractivity contribution in [2.75, 3.05) is 5.32 Å². The highest BCUT2D eigenvalue weighted by Gasteiger charge is 2.48. The van der Waals surface area contributed by atoms with Gasteiger partial charge >= 0.3 is 0 Å². The molecule has 0 radical (unpaired) electrons. The lowest BCUT2D eigenvalue weighted by molar-refractivity contribution is -0.122. The van der Waals surface area contributed by atoms with Gasteiger partial charge in [-0.3, -0.25) is 9.69 Å². The molecule has 1 saturated carbocycles. The number of nitrogens with zero attached hydrogens (tertiary/aromatic N) is 1. The molecule has 2 aromatic carbocycles. The summed E-state index contributed by atoms with van der Waals surface area (Å²) < 4.78 is 15.3. The molecular weight excluding hydrogens is 470 g/mol. The molecule has 1 amide bonds. The average molecular weight is 506 g/mol. The number of nitrogens with one attached hydrogen (secondary N) is 1. The van der Waals surface area contributed by atoms with E-state index in [-0.39, 0.29) is 22.9 Å². The average Bonchev–Trinajstić information content (AvgIpc) is 2.98. The van der Waals surface area contributed by atoms with Gasteiger partial charge in [-0.2, -0.15) is 0 Å². The number of hydrogen-bond donors (Lipinski definition) is 1. The molecule has 2 aromatic rings. The zero-order valence-electron chi connectivity index (χ0n) is 19.9. The van der Waals surface area contributed by atoms with Crippen molar-refractivity contribution in [3.63, 3.8) is 0 Å². The van der Waals surface area contributed by atoms with E-state index in [4.69, 9.17) is 23.2 Å². The van der Waals surface area contributed by atoms with Crippen LogP contribution in [0.15, 0.2) is 42.5 Å². The number of halogens is 3. The van der Waals surface area contributed by atoms with Gasteiger partial charge in [0.25, 0.3) is 0 Å². The summed E-state index contributed by atoms with van der Waals surface area (Å²) in [5.74, 6) is -0.732. The van der Waals surface area contributed by atoms with Gasteiger partial charge in [-0.05, 0) is 55.5 Å². The Kier molecular flexibility index (Phi) is 8.90. The second-order valence-corrected chi connectivity index (χ2v) is 10.7. The molecule has 34 heavy (non-hydrogen) atoms. The fraction of sp³-hybridized carbons (Fsp3) is 0.536. The third-order valence-electron chi connectivity index (χ3n) is 7.53. The number of rotatable bonds is 7. The number of amides is 1. The van der Waals surface area contributed by atoms with Gasteiger partial charge in [0.05, 0.1) is 11.1 Å². The van der Waals surface area contributed by atoms with Crippen LogP contribution in [0.3, 0.4) is 0 Å². The molecule has 1 N–H and O–H groups in total. The SMILES string of the molecule is CCCC[C@H]1CC(c2cccc(Cl)c2F)C(C(=O)Nc2cccc(Cl)c2)N1C1CCCCCC1. The predicted octanol–water partition coefficient (Wildman–Crippen LogP) is 8.21. The van der Waals surface area contributed by atoms with E-state index in [0.717, 1.165) is 38.5 Å². The maximum Gasteiger partial charge on any atom is 0.242 e. The third kappa shape index (κ3) is 5.78. The first-order valence-electron chi connectivity index (χ1n) is 12.8. The Morgan fingerprint density at radius 2 is 1.82 bits per heavy atom. The van der Waals surface area contributed by atoms with Gasteiger partial charge in [-0.15, -0.1) is 0 Å². The number of hydrogen-bond acceptors (Lipinski definition) is 2. The third-order valence-corrected chi connectivity index (χ3v) is 8.06. The molecule has 4 rings (SSSR count). The molecule has 0 aromatic heterocycles. The van der Waals surface area contributed by atoms with Gasteiger partial charge in [0.15, 0.2) is 0 Å². The molecule has 2 aliphatic rings. The molecule has 1 aliphatic heterocycles. The number of carbonyl (C=O) groups excluding carboxylic acids is 1. The van der Waals surface area contributed by atoms with Gasteiger partial charge in [-0.1, -0.05) is 86.8 Å². The Balaban J connectivity index is 1.73. The quantitative estimate of drug-likeness (QED) is 0.385. The number of unbranched alkanes of at least 4 members (excludes halogenated alkanes) is 1. The summed E-state index contributed by atoms with van der Waals surface area (Å²) in [7, 11) is 0. The fourth-order valence-electron chi connectivity index (χ4n) is 5.97. The smallest absolute Gasteiger partial charge is 0.242 e. The zero-order chi connectivity index (χ0) is 24.1. The Morgan fingerprint density at radius 1 is 1.09 bits per heavy atom. The van der Waals surface area contributed by atoms with Crippen LogP contribution in [0.2, 0.25) is 10.0 Å². The number of benzene rings is 2. The molecule has 0 spiro atoms. The molecule has 1 heterocycles. The maximum absolute atomic E-state index is 15.3. The lowest BCUT2D eigenvalue weighted by atomic mass is 9.89. The van der Waals surface area contributed by atoms with Crippen LogP contribution in [-0.2, 0) is 4.79 Å². The number of carbonyl (C=O) groups is 1. The summed E-state index contributed by atoms with van der Waals surface area (Å²) >= 11 is 12.4. The second kappa shape index (κ2) is 11.9. The molecular formula is C28H35Cl2FN2O. The van der Waals surface area contributed by atoms with Crippen LogP contribution in [0.5, 0.6) is 0 Å². The summed E-state index contributed by atoms with van der Waals surface area (Å²) in [5.41, 5.74) is 1.22. The Bertz CT molecular complexity index is 977. The standard InChI is InChI=1S/C28H35Cl2FN2O/c1-2-3-12-22-18-24(23-15-9-16-25(30)26(23)31)27(33(22)21-13-6-4-5-7-14-21)28(34)32-20-11-8-10-19(29)17-20/h8-11,15-17,21-22,24,27H,2-7,12-14,18H2,1H3,(H,32,34)/t22-,24?,27?/m0/s1. The summed E-state index contributed by atoms with van der Waals surface area (Å²) in [6.07, 6.45) is 11.0. The minimum absolute atomic E-state index is 0.0881. The molecule has 0 bridgehead atoms. The summed E-state index contributed by atoms with van der Waals surface area (Å²) in [4.78, 5) is 16.4. The van der Waals surface area contributed by atoms with Crippen molar-refractivity contribution in [1.29, 1.82) is 0 Å². The normalized spacial score (nSPS) is 24.2. The minimum atomic E-state index is -0.447. The van der Waals surface area contributed by atoms with Gasteiger partial charge in [0.1, 0.15) is 5.82 Å². The first-order valence-corrected chi connectivity index (χ1v) is 13.5. The van der Waals surface area contributed by atoms with Gasteiger partial charge in [0, 0.05) is 28.7 Å². The van der Waals surface area contributed by atoms with E-state index < -0.39 is 11.9 Å². The Hall–Kier alpha value is -1.62. The lowest BCUT2D eigenvalue weighted by Gasteiger charge is -2.37. The monoisotopic (exact) mass is 504 g/mol. The van der Waals surface area contributed by atoms with Crippen molar-refractivity contribution >= 4 is 34.8 Å². The molecule has 3 atom stereocenters. The van der Waals surface area contributed by atoms with E-state index in [1.54, 1.807) is 30.3 Å². The van der Waals surface area contributed by atoms with Gasteiger partial charge < -0.3 is 5.32 Å². The molecule has 1 aliphatic carbocycles. The summed E-state index contributed by atoms with van der Waals surface area (Å²) in [6, 6.07) is 12.5. The lowest BCUT2D eigenvalue weighted by Crippen LogP contribution is -2.50. The predicted molar refractivity (Wildman–Crippen MR) is 139 cm³/mol. The maximum atomic E-state index is 15.3. The van der Waals surface area contributed by atoms with Crippen LogP contribution in [0.4, 0.5) is 10.1 Å². The van der Waals surface area contributed by atoms with E-state index in [0.29, 0.717) is 22.3 Å². The van der Waals surface area contributed by atoms with Crippen LogP contribution in [0.1, 0.15) is 82.6 Å². The Labute approximate surface area is 213 Å². The van der Waals surface area contributed by atoms with Crippen molar-refractivity contribution in [3.8, 4) is 0 Å².